The molecule has 5 heteroatoms. The standard InChI is InChI=1S/C14H19N3OS/c1-3-4-13-16-14(18-17-13)9-19-12-7-5-11(6-8-12)10(2)15/h5-8,10H,3-4,9,15H2,1-2H3. The van der Waals surface area contributed by atoms with Gasteiger partial charge in [-0.1, -0.05) is 24.2 Å². The first-order chi connectivity index (χ1) is 9.19. The summed E-state index contributed by atoms with van der Waals surface area (Å²) < 4.78 is 5.20. The quantitative estimate of drug-likeness (QED) is 0.820. The van der Waals surface area contributed by atoms with Crippen LogP contribution < -0.4 is 5.73 Å². The topological polar surface area (TPSA) is 64.9 Å². The zero-order chi connectivity index (χ0) is 13.7. The number of nitrogens with zero attached hydrogens (tertiary/aromatic N) is 2. The van der Waals surface area contributed by atoms with Gasteiger partial charge < -0.3 is 10.3 Å². The molecule has 0 aliphatic heterocycles. The van der Waals surface area contributed by atoms with Gasteiger partial charge in [0, 0.05) is 17.4 Å². The first-order valence-electron chi connectivity index (χ1n) is 6.49. The summed E-state index contributed by atoms with van der Waals surface area (Å²) >= 11 is 1.69. The van der Waals surface area contributed by atoms with E-state index in [-0.39, 0.29) is 6.04 Å². The number of aromatic nitrogens is 2. The van der Waals surface area contributed by atoms with Gasteiger partial charge >= 0.3 is 0 Å². The second kappa shape index (κ2) is 6.73. The monoisotopic (exact) mass is 277 g/mol. The highest BCUT2D eigenvalue weighted by Crippen LogP contribution is 2.23. The summed E-state index contributed by atoms with van der Waals surface area (Å²) in [7, 11) is 0. The summed E-state index contributed by atoms with van der Waals surface area (Å²) in [5.41, 5.74) is 6.97. The molecule has 1 heterocycles. The van der Waals surface area contributed by atoms with E-state index in [1.54, 1.807) is 11.8 Å². The van der Waals surface area contributed by atoms with Crippen molar-refractivity contribution in [2.75, 3.05) is 0 Å². The molecular weight excluding hydrogens is 258 g/mol. The van der Waals surface area contributed by atoms with Crippen LogP contribution in [-0.4, -0.2) is 10.1 Å². The second-order valence-electron chi connectivity index (χ2n) is 4.50. The fourth-order valence-electron chi connectivity index (χ4n) is 1.69. The molecule has 0 aliphatic rings. The molecule has 2 aromatic rings. The molecule has 0 bridgehead atoms. The number of aryl methyl sites for hydroxylation is 1. The number of hydrogen-bond donors (Lipinski definition) is 1. The van der Waals surface area contributed by atoms with Crippen LogP contribution in [0.1, 0.15) is 43.6 Å². The molecule has 1 aromatic heterocycles. The zero-order valence-corrected chi connectivity index (χ0v) is 12.1. The smallest absolute Gasteiger partial charge is 0.237 e. The normalized spacial score (nSPS) is 12.6. The highest BCUT2D eigenvalue weighted by Gasteiger charge is 2.06. The van der Waals surface area contributed by atoms with E-state index in [2.05, 4.69) is 41.3 Å². The molecule has 1 unspecified atom stereocenters. The van der Waals surface area contributed by atoms with Crippen molar-refractivity contribution < 1.29 is 4.52 Å². The van der Waals surface area contributed by atoms with Crippen molar-refractivity contribution in [3.8, 4) is 0 Å². The maximum atomic E-state index is 5.82. The van der Waals surface area contributed by atoms with Crippen LogP contribution in [0.2, 0.25) is 0 Å². The number of hydrogen-bond acceptors (Lipinski definition) is 5. The van der Waals surface area contributed by atoms with Crippen LogP contribution in [-0.2, 0) is 12.2 Å². The van der Waals surface area contributed by atoms with Gasteiger partial charge in [-0.25, -0.2) is 0 Å². The molecule has 102 valence electrons. The van der Waals surface area contributed by atoms with E-state index in [0.717, 1.165) is 24.2 Å². The molecule has 0 saturated heterocycles. The van der Waals surface area contributed by atoms with E-state index in [4.69, 9.17) is 10.3 Å². The van der Waals surface area contributed by atoms with Gasteiger partial charge in [0.1, 0.15) is 0 Å². The Morgan fingerprint density at radius 3 is 2.68 bits per heavy atom. The molecule has 1 aromatic carbocycles. The second-order valence-corrected chi connectivity index (χ2v) is 5.55. The molecule has 2 N–H and O–H groups in total. The summed E-state index contributed by atoms with van der Waals surface area (Å²) in [6.07, 6.45) is 1.90. The van der Waals surface area contributed by atoms with Crippen LogP contribution in [0.3, 0.4) is 0 Å². The third-order valence-electron chi connectivity index (χ3n) is 2.75. The van der Waals surface area contributed by atoms with Crippen molar-refractivity contribution in [3.63, 3.8) is 0 Å². The highest BCUT2D eigenvalue weighted by molar-refractivity contribution is 7.98. The summed E-state index contributed by atoms with van der Waals surface area (Å²) in [4.78, 5) is 5.52. The molecule has 0 radical (unpaired) electrons. The Morgan fingerprint density at radius 2 is 2.05 bits per heavy atom. The Balaban J connectivity index is 1.90. The lowest BCUT2D eigenvalue weighted by molar-refractivity contribution is 0.384. The van der Waals surface area contributed by atoms with Crippen LogP contribution in [0, 0.1) is 0 Å². The van der Waals surface area contributed by atoms with Crippen molar-refractivity contribution in [1.82, 2.24) is 10.1 Å². The average molecular weight is 277 g/mol. The third kappa shape index (κ3) is 4.08. The predicted octanol–water partition coefficient (Wildman–Crippen LogP) is 3.33. The van der Waals surface area contributed by atoms with Gasteiger partial charge in [0.2, 0.25) is 5.89 Å². The molecule has 4 nitrogen and oxygen atoms in total. The summed E-state index contributed by atoms with van der Waals surface area (Å²) in [6, 6.07) is 8.35. The van der Waals surface area contributed by atoms with Crippen molar-refractivity contribution in [1.29, 1.82) is 0 Å². The largest absolute Gasteiger partial charge is 0.338 e. The fourth-order valence-corrected chi connectivity index (χ4v) is 2.42. The lowest BCUT2D eigenvalue weighted by Gasteiger charge is -2.05. The van der Waals surface area contributed by atoms with Gasteiger partial charge in [-0.2, -0.15) is 4.98 Å². The van der Waals surface area contributed by atoms with Crippen molar-refractivity contribution in [2.24, 2.45) is 5.73 Å². The lowest BCUT2D eigenvalue weighted by Crippen LogP contribution is -2.04. The molecule has 0 amide bonds. The van der Waals surface area contributed by atoms with Crippen LogP contribution in [0.25, 0.3) is 0 Å². The van der Waals surface area contributed by atoms with Gasteiger partial charge in [-0.05, 0) is 31.0 Å². The predicted molar refractivity (Wildman–Crippen MR) is 76.9 cm³/mol. The van der Waals surface area contributed by atoms with E-state index in [9.17, 15) is 0 Å². The van der Waals surface area contributed by atoms with E-state index < -0.39 is 0 Å². The minimum absolute atomic E-state index is 0.0755. The Kier molecular flexibility index (Phi) is 4.99. The minimum atomic E-state index is 0.0755. The van der Waals surface area contributed by atoms with E-state index in [1.807, 2.05) is 6.92 Å². The molecule has 1 atom stereocenters. The van der Waals surface area contributed by atoms with Gasteiger partial charge in [-0.15, -0.1) is 11.8 Å². The summed E-state index contributed by atoms with van der Waals surface area (Å²) in [5, 5.41) is 3.94. The van der Waals surface area contributed by atoms with Gasteiger partial charge in [0.05, 0.1) is 5.75 Å². The number of benzene rings is 1. The van der Waals surface area contributed by atoms with Gasteiger partial charge in [0.15, 0.2) is 5.82 Å². The minimum Gasteiger partial charge on any atom is -0.338 e. The van der Waals surface area contributed by atoms with Crippen LogP contribution >= 0.6 is 11.8 Å². The molecular formula is C14H19N3OS. The Hall–Kier alpha value is -1.33. The van der Waals surface area contributed by atoms with Crippen molar-refractivity contribution in [2.45, 2.75) is 43.4 Å². The number of nitrogens with two attached hydrogens (primary N) is 1. The van der Waals surface area contributed by atoms with E-state index in [1.165, 1.54) is 4.90 Å². The Bertz CT molecular complexity index is 508. The number of rotatable bonds is 6. The van der Waals surface area contributed by atoms with Crippen LogP contribution in [0.4, 0.5) is 0 Å². The maximum absolute atomic E-state index is 5.82. The van der Waals surface area contributed by atoms with Crippen LogP contribution in [0.15, 0.2) is 33.7 Å². The number of thioether (sulfide) groups is 1. The summed E-state index contributed by atoms with van der Waals surface area (Å²) in [6.45, 7) is 4.08. The average Bonchev–Trinajstić information content (AvgIpc) is 2.85. The molecule has 2 rings (SSSR count). The molecule has 0 spiro atoms. The molecule has 0 saturated carbocycles. The molecule has 19 heavy (non-hydrogen) atoms. The van der Waals surface area contributed by atoms with E-state index in [0.29, 0.717) is 11.6 Å². The first-order valence-corrected chi connectivity index (χ1v) is 7.47. The maximum Gasteiger partial charge on any atom is 0.237 e. The first kappa shape index (κ1) is 14.1. The van der Waals surface area contributed by atoms with E-state index >= 15 is 0 Å². The zero-order valence-electron chi connectivity index (χ0n) is 11.3. The van der Waals surface area contributed by atoms with Gasteiger partial charge in [-0.3, -0.25) is 0 Å². The SMILES string of the molecule is CCCc1noc(CSc2ccc(C(C)N)cc2)n1. The Morgan fingerprint density at radius 1 is 1.32 bits per heavy atom. The highest BCUT2D eigenvalue weighted by atomic mass is 32.2. The van der Waals surface area contributed by atoms with Crippen molar-refractivity contribution >= 4 is 11.8 Å². The molecule has 0 aliphatic carbocycles. The molecule has 0 fully saturated rings. The van der Waals surface area contributed by atoms with Crippen LogP contribution in [0.5, 0.6) is 0 Å². The third-order valence-corrected chi connectivity index (χ3v) is 3.75. The Labute approximate surface area is 117 Å². The summed E-state index contributed by atoms with van der Waals surface area (Å²) in [5.74, 6) is 2.18. The fraction of sp³-hybridized carbons (Fsp3) is 0.429. The van der Waals surface area contributed by atoms with Gasteiger partial charge in [0.25, 0.3) is 0 Å². The van der Waals surface area contributed by atoms with Crippen molar-refractivity contribution in [3.05, 3.63) is 41.5 Å². The lowest BCUT2D eigenvalue weighted by atomic mass is 10.1.